The number of aryl methyl sites for hydroxylation is 2. The zero-order chi connectivity index (χ0) is 23.4. The summed E-state index contributed by atoms with van der Waals surface area (Å²) in [4.78, 5) is 31.1. The lowest BCUT2D eigenvalue weighted by atomic mass is 9.95. The summed E-state index contributed by atoms with van der Waals surface area (Å²) in [5.74, 6) is -0.770. The molecule has 1 aliphatic rings. The van der Waals surface area contributed by atoms with Gasteiger partial charge in [0.25, 0.3) is 5.78 Å². The number of carbonyl (C=O) groups excluding carboxylic acids is 2. The first-order valence-electron chi connectivity index (χ1n) is 10.1. The number of aromatic nitrogens is 1. The first kappa shape index (κ1) is 21.2. The number of fused-ring (bicyclic) bond motifs is 1. The van der Waals surface area contributed by atoms with E-state index in [1.54, 1.807) is 56.3 Å². The number of thiazole rings is 1. The number of rotatable bonds is 3. The molecule has 0 bridgehead atoms. The van der Waals surface area contributed by atoms with Crippen LogP contribution in [0.15, 0.2) is 58.5 Å². The highest BCUT2D eigenvalue weighted by atomic mass is 35.5. The fraction of sp³-hybridized carbons (Fsp3) is 0.125. The number of ketones is 1. The Labute approximate surface area is 197 Å². The fourth-order valence-electron chi connectivity index (χ4n) is 4.09. The second-order valence-corrected chi connectivity index (χ2v) is 9.30. The molecule has 1 saturated heterocycles. The molecule has 9 heteroatoms. The third-order valence-electron chi connectivity index (χ3n) is 5.60. The predicted molar refractivity (Wildman–Crippen MR) is 127 cm³/mol. The van der Waals surface area contributed by atoms with Crippen molar-refractivity contribution in [3.8, 4) is 0 Å². The van der Waals surface area contributed by atoms with Gasteiger partial charge in [0.05, 0.1) is 15.8 Å². The molecule has 2 aromatic heterocycles. The highest BCUT2D eigenvalue weighted by molar-refractivity contribution is 7.21. The molecule has 1 aliphatic heterocycles. The van der Waals surface area contributed by atoms with Crippen LogP contribution in [0, 0.1) is 13.8 Å². The van der Waals surface area contributed by atoms with Crippen LogP contribution < -0.4 is 15.6 Å². The van der Waals surface area contributed by atoms with Gasteiger partial charge in [-0.2, -0.15) is 4.90 Å². The van der Waals surface area contributed by atoms with Crippen molar-refractivity contribution in [1.82, 2.24) is 0 Å². The summed E-state index contributed by atoms with van der Waals surface area (Å²) in [6, 6.07) is 13.0. The average molecular weight is 481 g/mol. The molecule has 0 aliphatic carbocycles. The lowest BCUT2D eigenvalue weighted by molar-refractivity contribution is -0.324. The van der Waals surface area contributed by atoms with E-state index in [0.29, 0.717) is 38.5 Å². The summed E-state index contributed by atoms with van der Waals surface area (Å²) < 4.78 is 6.38. The van der Waals surface area contributed by atoms with Crippen LogP contribution in [0.4, 0.5) is 10.8 Å². The van der Waals surface area contributed by atoms with Gasteiger partial charge < -0.3 is 15.3 Å². The number of Topliss-reactive ketones (excluding diaryl/α,β-unsaturated/α-hetero) is 1. The molecule has 2 aromatic carbocycles. The third kappa shape index (κ3) is 3.48. The van der Waals surface area contributed by atoms with Gasteiger partial charge in [-0.1, -0.05) is 23.7 Å². The monoisotopic (exact) mass is 480 g/mol. The van der Waals surface area contributed by atoms with Gasteiger partial charge in [0.1, 0.15) is 22.8 Å². The number of hydrogen-bond donors (Lipinski definition) is 2. The molecule has 0 spiro atoms. The number of nitrogens with two attached hydrogens (primary N) is 1. The number of aromatic amines is 1. The number of benzene rings is 2. The summed E-state index contributed by atoms with van der Waals surface area (Å²) >= 11 is 7.38. The van der Waals surface area contributed by atoms with E-state index in [4.69, 9.17) is 21.8 Å². The van der Waals surface area contributed by atoms with Gasteiger partial charge in [-0.15, -0.1) is 0 Å². The number of furan rings is 1. The van der Waals surface area contributed by atoms with E-state index in [0.717, 1.165) is 10.2 Å². The van der Waals surface area contributed by atoms with Crippen LogP contribution in [-0.4, -0.2) is 16.8 Å². The van der Waals surface area contributed by atoms with Crippen LogP contribution in [0.5, 0.6) is 0 Å². The van der Waals surface area contributed by atoms with E-state index in [1.165, 1.54) is 16.2 Å². The molecule has 0 radical (unpaired) electrons. The molecule has 4 N–H and O–H groups in total. The van der Waals surface area contributed by atoms with E-state index >= 15 is 0 Å². The lowest BCUT2D eigenvalue weighted by Crippen LogP contribution is -2.32. The summed E-state index contributed by atoms with van der Waals surface area (Å²) in [5, 5.41) is 12.2. The van der Waals surface area contributed by atoms with Crippen LogP contribution >= 0.6 is 22.9 Å². The molecule has 1 amide bonds. The normalized spacial score (nSPS) is 17.9. The molecule has 5 rings (SSSR count). The van der Waals surface area contributed by atoms with Crippen LogP contribution in [-0.2, 0) is 9.59 Å². The summed E-state index contributed by atoms with van der Waals surface area (Å²) in [5.41, 5.74) is 8.26. The number of amides is 1. The van der Waals surface area contributed by atoms with Crippen LogP contribution in [0.1, 0.15) is 28.7 Å². The smallest absolute Gasteiger partial charge is 0.383 e. The van der Waals surface area contributed by atoms with Crippen molar-refractivity contribution in [1.29, 1.82) is 0 Å². The number of carbonyl (C=O) groups is 2. The Bertz CT molecular complexity index is 1470. The van der Waals surface area contributed by atoms with Gasteiger partial charge in [-0.25, -0.2) is 9.78 Å². The standard InChI is InChI=1S/C24H18ClN3O4S/c1-11-9-16(12(2)32-11)21(29)19-20(13-3-5-14(25)6-4-13)28(23(31)22(19)30)24-27-17-8-7-15(26)10-18(17)33-24/h3-10,20,29H,26H2,1-2H3/p+1/b21-19+. The number of nitrogens with zero attached hydrogens (tertiary/aromatic N) is 1. The first-order chi connectivity index (χ1) is 15.7. The van der Waals surface area contributed by atoms with Gasteiger partial charge in [-0.05, 0) is 61.6 Å². The second-order valence-electron chi connectivity index (χ2n) is 7.84. The Morgan fingerprint density at radius 2 is 1.88 bits per heavy atom. The maximum atomic E-state index is 13.3. The van der Waals surface area contributed by atoms with E-state index in [2.05, 4.69) is 4.98 Å². The van der Waals surface area contributed by atoms with Crippen LogP contribution in [0.2, 0.25) is 5.02 Å². The van der Waals surface area contributed by atoms with E-state index in [9.17, 15) is 14.7 Å². The molecule has 166 valence electrons. The first-order valence-corrected chi connectivity index (χ1v) is 11.3. The largest absolute Gasteiger partial charge is 0.507 e. The minimum absolute atomic E-state index is 0.0170. The van der Waals surface area contributed by atoms with Crippen molar-refractivity contribution in [3.05, 3.63) is 81.8 Å². The van der Waals surface area contributed by atoms with Crippen LogP contribution in [0.3, 0.4) is 0 Å². The van der Waals surface area contributed by atoms with Crippen molar-refractivity contribution in [2.24, 2.45) is 0 Å². The van der Waals surface area contributed by atoms with Gasteiger partial charge in [0.15, 0.2) is 6.04 Å². The lowest BCUT2D eigenvalue weighted by Gasteiger charge is -2.17. The maximum Gasteiger partial charge on any atom is 0.383 e. The van der Waals surface area contributed by atoms with Crippen molar-refractivity contribution < 1.29 is 24.1 Å². The number of aliphatic hydroxyl groups is 1. The molecular formula is C24H19ClN3O4S+. The number of halogens is 1. The number of anilines is 2. The average Bonchev–Trinajstić information content (AvgIpc) is 3.41. The molecule has 7 nitrogen and oxygen atoms in total. The highest BCUT2D eigenvalue weighted by Gasteiger charge is 2.54. The fourth-order valence-corrected chi connectivity index (χ4v) is 5.30. The minimum atomic E-state index is -0.862. The molecular weight excluding hydrogens is 462 g/mol. The van der Waals surface area contributed by atoms with Crippen molar-refractivity contribution in [3.63, 3.8) is 0 Å². The SMILES string of the molecule is Cc1cc(/C(O)=C2\C(=O)C(=O)N(c3[nH+]c4ccc(N)cc4s3)C2c2ccc(Cl)cc2)c(C)o1. The van der Waals surface area contributed by atoms with Crippen LogP contribution in [0.25, 0.3) is 16.0 Å². The second kappa shape index (κ2) is 7.75. The minimum Gasteiger partial charge on any atom is -0.507 e. The van der Waals surface area contributed by atoms with E-state index in [-0.39, 0.29) is 11.3 Å². The topological polar surface area (TPSA) is 111 Å². The predicted octanol–water partition coefficient (Wildman–Crippen LogP) is 4.79. The zero-order valence-electron chi connectivity index (χ0n) is 17.7. The summed E-state index contributed by atoms with van der Waals surface area (Å²) in [7, 11) is 0. The maximum absolute atomic E-state index is 13.3. The number of nitrogens with one attached hydrogen (secondary N) is 1. The van der Waals surface area contributed by atoms with Gasteiger partial charge in [0.2, 0.25) is 0 Å². The highest BCUT2D eigenvalue weighted by Crippen LogP contribution is 2.44. The number of nitrogen functional groups attached to an aromatic ring is 1. The van der Waals surface area contributed by atoms with E-state index in [1.807, 2.05) is 6.07 Å². The Hall–Kier alpha value is -3.62. The summed E-state index contributed by atoms with van der Waals surface area (Å²) in [6.07, 6.45) is 0. The Balaban J connectivity index is 1.75. The molecule has 33 heavy (non-hydrogen) atoms. The van der Waals surface area contributed by atoms with Gasteiger partial charge in [0, 0.05) is 16.3 Å². The Morgan fingerprint density at radius 3 is 2.55 bits per heavy atom. The molecule has 1 fully saturated rings. The number of H-pyrrole nitrogens is 1. The zero-order valence-corrected chi connectivity index (χ0v) is 19.3. The number of aliphatic hydroxyl groups excluding tert-OH is 1. The molecule has 3 heterocycles. The van der Waals surface area contributed by atoms with Crippen molar-refractivity contribution in [2.45, 2.75) is 19.9 Å². The van der Waals surface area contributed by atoms with Gasteiger partial charge >= 0.3 is 11.0 Å². The summed E-state index contributed by atoms with van der Waals surface area (Å²) in [6.45, 7) is 3.44. The Morgan fingerprint density at radius 1 is 1.15 bits per heavy atom. The van der Waals surface area contributed by atoms with Crippen molar-refractivity contribution in [2.75, 3.05) is 10.6 Å². The number of hydrogen-bond acceptors (Lipinski definition) is 6. The van der Waals surface area contributed by atoms with E-state index < -0.39 is 17.7 Å². The Kier molecular flexibility index (Phi) is 4.99. The van der Waals surface area contributed by atoms with Gasteiger partial charge in [-0.3, -0.25) is 4.79 Å². The molecule has 4 aromatic rings. The van der Waals surface area contributed by atoms with Crippen molar-refractivity contribution >= 4 is 61.4 Å². The molecule has 1 unspecified atom stereocenters. The quantitative estimate of drug-likeness (QED) is 0.189. The third-order valence-corrected chi connectivity index (χ3v) is 6.90. The molecule has 1 atom stereocenters. The molecule has 0 saturated carbocycles.